The normalized spacial score (nSPS) is 15.8. The molecule has 28 heavy (non-hydrogen) atoms. The van der Waals surface area contributed by atoms with E-state index in [0.717, 1.165) is 36.1 Å². The molecule has 0 radical (unpaired) electrons. The Labute approximate surface area is 167 Å². The van der Waals surface area contributed by atoms with Crippen molar-refractivity contribution >= 4 is 5.91 Å². The Morgan fingerprint density at radius 2 is 1.89 bits per heavy atom. The molecule has 5 nitrogen and oxygen atoms in total. The average Bonchev–Trinajstić information content (AvgIpc) is 2.69. The molecule has 5 heteroatoms. The molecule has 0 unspecified atom stereocenters. The van der Waals surface area contributed by atoms with E-state index >= 15 is 0 Å². The van der Waals surface area contributed by atoms with Gasteiger partial charge in [0.2, 0.25) is 5.91 Å². The van der Waals surface area contributed by atoms with Crippen molar-refractivity contribution in [2.45, 2.75) is 38.8 Å². The molecule has 1 aliphatic rings. The standard InChI is InChI=1S/C23H30N2O3/c1-16-12-21(27-3)22(28-4)13-18(16)14-25(2)15-23(26)24-20-11-7-9-17-8-5-6-10-19(17)20/h5-6,8,10,12-13,20H,7,9,11,14-15H2,1-4H3,(H,24,26)/t20-/m1/s1. The molecular formula is C23H30N2O3. The Morgan fingerprint density at radius 1 is 1.18 bits per heavy atom. The lowest BCUT2D eigenvalue weighted by atomic mass is 9.88. The van der Waals surface area contributed by atoms with Gasteiger partial charge in [-0.3, -0.25) is 9.69 Å². The van der Waals surface area contributed by atoms with Crippen molar-refractivity contribution in [3.8, 4) is 11.5 Å². The number of fused-ring (bicyclic) bond motifs is 1. The van der Waals surface area contributed by atoms with Crippen molar-refractivity contribution in [1.29, 1.82) is 0 Å². The van der Waals surface area contributed by atoms with Crippen LogP contribution in [0.5, 0.6) is 11.5 Å². The van der Waals surface area contributed by atoms with Gasteiger partial charge in [0.05, 0.1) is 26.8 Å². The summed E-state index contributed by atoms with van der Waals surface area (Å²) in [6.45, 7) is 3.07. The maximum atomic E-state index is 12.6. The Kier molecular flexibility index (Phi) is 6.57. The Bertz CT molecular complexity index is 835. The molecule has 0 bridgehead atoms. The second kappa shape index (κ2) is 9.11. The fourth-order valence-electron chi connectivity index (χ4n) is 3.93. The summed E-state index contributed by atoms with van der Waals surface area (Å²) < 4.78 is 10.8. The summed E-state index contributed by atoms with van der Waals surface area (Å²) in [5.74, 6) is 1.49. The molecule has 0 spiro atoms. The molecule has 0 heterocycles. The van der Waals surface area contributed by atoms with E-state index in [-0.39, 0.29) is 11.9 Å². The first kappa shape index (κ1) is 20.2. The molecule has 0 aliphatic heterocycles. The number of carbonyl (C=O) groups excluding carboxylic acids is 1. The first-order chi connectivity index (χ1) is 13.5. The summed E-state index contributed by atoms with van der Waals surface area (Å²) in [5, 5.41) is 3.22. The van der Waals surface area contributed by atoms with E-state index < -0.39 is 0 Å². The molecule has 1 atom stereocenters. The lowest BCUT2D eigenvalue weighted by molar-refractivity contribution is -0.122. The van der Waals surface area contributed by atoms with Crippen LogP contribution in [0, 0.1) is 6.92 Å². The third-order valence-corrected chi connectivity index (χ3v) is 5.40. The van der Waals surface area contributed by atoms with Crippen LogP contribution >= 0.6 is 0 Å². The minimum absolute atomic E-state index is 0.0577. The van der Waals surface area contributed by atoms with E-state index in [1.165, 1.54) is 11.1 Å². The van der Waals surface area contributed by atoms with Gasteiger partial charge in [-0.05, 0) is 67.6 Å². The zero-order chi connectivity index (χ0) is 20.1. The quantitative estimate of drug-likeness (QED) is 0.794. The van der Waals surface area contributed by atoms with Crippen LogP contribution in [0.2, 0.25) is 0 Å². The van der Waals surface area contributed by atoms with Crippen LogP contribution in [0.1, 0.15) is 41.1 Å². The molecule has 1 N–H and O–H groups in total. The third-order valence-electron chi connectivity index (χ3n) is 5.40. The van der Waals surface area contributed by atoms with Crippen LogP contribution in [0.25, 0.3) is 0 Å². The molecule has 0 aromatic heterocycles. The van der Waals surface area contributed by atoms with Crippen LogP contribution in [0.15, 0.2) is 36.4 Å². The van der Waals surface area contributed by atoms with Gasteiger partial charge < -0.3 is 14.8 Å². The molecule has 1 amide bonds. The smallest absolute Gasteiger partial charge is 0.234 e. The van der Waals surface area contributed by atoms with Gasteiger partial charge in [-0.1, -0.05) is 24.3 Å². The number of benzene rings is 2. The fraction of sp³-hybridized carbons (Fsp3) is 0.435. The average molecular weight is 383 g/mol. The highest BCUT2D eigenvalue weighted by atomic mass is 16.5. The highest BCUT2D eigenvalue weighted by Crippen LogP contribution is 2.31. The number of aryl methyl sites for hydroxylation is 2. The number of rotatable bonds is 7. The topological polar surface area (TPSA) is 50.8 Å². The van der Waals surface area contributed by atoms with Gasteiger partial charge in [0.1, 0.15) is 0 Å². The van der Waals surface area contributed by atoms with E-state index in [4.69, 9.17) is 9.47 Å². The van der Waals surface area contributed by atoms with Crippen molar-refractivity contribution in [1.82, 2.24) is 10.2 Å². The first-order valence-electron chi connectivity index (χ1n) is 9.79. The monoisotopic (exact) mass is 382 g/mol. The predicted molar refractivity (Wildman–Crippen MR) is 111 cm³/mol. The van der Waals surface area contributed by atoms with Crippen LogP contribution < -0.4 is 14.8 Å². The van der Waals surface area contributed by atoms with Crippen molar-refractivity contribution < 1.29 is 14.3 Å². The van der Waals surface area contributed by atoms with E-state index in [9.17, 15) is 4.79 Å². The first-order valence-corrected chi connectivity index (χ1v) is 9.79. The van der Waals surface area contributed by atoms with Gasteiger partial charge in [0, 0.05) is 6.54 Å². The maximum absolute atomic E-state index is 12.6. The summed E-state index contributed by atoms with van der Waals surface area (Å²) in [5.41, 5.74) is 4.86. The van der Waals surface area contributed by atoms with Gasteiger partial charge in [0.15, 0.2) is 11.5 Å². The maximum Gasteiger partial charge on any atom is 0.234 e. The van der Waals surface area contributed by atoms with Gasteiger partial charge in [-0.25, -0.2) is 0 Å². The lowest BCUT2D eigenvalue weighted by Crippen LogP contribution is -2.38. The molecular weight excluding hydrogens is 352 g/mol. The second-order valence-electron chi connectivity index (χ2n) is 7.52. The number of carbonyl (C=O) groups is 1. The Hall–Kier alpha value is -2.53. The van der Waals surface area contributed by atoms with Crippen molar-refractivity contribution in [2.75, 3.05) is 27.8 Å². The van der Waals surface area contributed by atoms with E-state index in [1.54, 1.807) is 14.2 Å². The molecule has 2 aromatic rings. The van der Waals surface area contributed by atoms with Crippen LogP contribution in [0.4, 0.5) is 0 Å². The zero-order valence-corrected chi connectivity index (χ0v) is 17.2. The molecule has 150 valence electrons. The summed E-state index contributed by atoms with van der Waals surface area (Å²) in [6.07, 6.45) is 3.21. The van der Waals surface area contributed by atoms with Gasteiger partial charge in [0.25, 0.3) is 0 Å². The minimum atomic E-state index is 0.0577. The lowest BCUT2D eigenvalue weighted by Gasteiger charge is -2.27. The molecule has 3 rings (SSSR count). The van der Waals surface area contributed by atoms with Gasteiger partial charge in [-0.15, -0.1) is 0 Å². The highest BCUT2D eigenvalue weighted by molar-refractivity contribution is 5.78. The van der Waals surface area contributed by atoms with Crippen LogP contribution in [0.3, 0.4) is 0 Å². The second-order valence-corrected chi connectivity index (χ2v) is 7.52. The number of nitrogens with zero attached hydrogens (tertiary/aromatic N) is 1. The van der Waals surface area contributed by atoms with Gasteiger partial charge in [-0.2, -0.15) is 0 Å². The molecule has 1 aliphatic carbocycles. The van der Waals surface area contributed by atoms with Crippen molar-refractivity contribution in [3.05, 3.63) is 58.7 Å². The Balaban J connectivity index is 1.61. The minimum Gasteiger partial charge on any atom is -0.493 e. The molecule has 2 aromatic carbocycles. The predicted octanol–water partition coefficient (Wildman–Crippen LogP) is 3.64. The zero-order valence-electron chi connectivity index (χ0n) is 17.2. The van der Waals surface area contributed by atoms with Crippen LogP contribution in [-0.2, 0) is 17.8 Å². The number of ether oxygens (including phenoxy) is 2. The third kappa shape index (κ3) is 4.65. The summed E-state index contributed by atoms with van der Waals surface area (Å²) in [7, 11) is 5.23. The molecule has 0 fully saturated rings. The SMILES string of the molecule is COc1cc(C)c(CN(C)CC(=O)N[C@@H]2CCCc3ccccc32)cc1OC. The van der Waals surface area contributed by atoms with Gasteiger partial charge >= 0.3 is 0 Å². The summed E-state index contributed by atoms with van der Waals surface area (Å²) in [4.78, 5) is 14.7. The van der Waals surface area contributed by atoms with Crippen molar-refractivity contribution in [3.63, 3.8) is 0 Å². The number of hydrogen-bond donors (Lipinski definition) is 1. The molecule has 0 saturated carbocycles. The van der Waals surface area contributed by atoms with E-state index in [1.807, 2.05) is 31.0 Å². The van der Waals surface area contributed by atoms with E-state index in [0.29, 0.717) is 18.8 Å². The van der Waals surface area contributed by atoms with Crippen molar-refractivity contribution in [2.24, 2.45) is 0 Å². The fourth-order valence-corrected chi connectivity index (χ4v) is 3.93. The number of nitrogens with one attached hydrogen (secondary N) is 1. The number of amides is 1. The number of methoxy groups -OCH3 is 2. The van der Waals surface area contributed by atoms with Crippen LogP contribution in [-0.4, -0.2) is 38.6 Å². The Morgan fingerprint density at radius 3 is 2.64 bits per heavy atom. The summed E-state index contributed by atoms with van der Waals surface area (Å²) in [6, 6.07) is 12.5. The highest BCUT2D eigenvalue weighted by Gasteiger charge is 2.22. The largest absolute Gasteiger partial charge is 0.493 e. The van der Waals surface area contributed by atoms with E-state index in [2.05, 4.69) is 29.6 Å². The summed E-state index contributed by atoms with van der Waals surface area (Å²) >= 11 is 0. The number of likely N-dealkylation sites (N-methyl/N-ethyl adjacent to an activating group) is 1. The number of hydrogen-bond acceptors (Lipinski definition) is 4. The molecule has 0 saturated heterocycles.